The number of nitrogens with zero attached hydrogens (tertiary/aromatic N) is 4. The van der Waals surface area contributed by atoms with E-state index in [1.165, 1.54) is 29.2 Å². The number of fused-ring (bicyclic) bond motifs is 2. The standard InChI is InChI=1S/C63H74F2N10O8/c1-38-32-73(49(31-67-38)34-72-24-27-83-36-39(72)2)35-55(76)75-37-63(4,51-20-12-42(29-54(51)75)28-41-10-14-46(64)15-11-41)62(81)69-48-18-16-47(17-19-48)68-59(78)44-13-21-52(65)53(30-44)70-60(79)57-50-9-7-6-8-45(50)33-74(57)61(80)56(43-22-25-82-26-23-43)71-58(77)40(3)66-5/h6-21,29-30,38-40,43,49,56-57,66-67H,22-28,31-37H2,1-5H3,(H,68,78)(H,69,81)(H,70,79)(H,71,77)/t38-,39?,40?,49-,56?,57+,63?/m1/s1. The molecular weight excluding hydrogens is 1060 g/mol. The summed E-state index contributed by atoms with van der Waals surface area (Å²) in [6, 6.07) is 27.2. The summed E-state index contributed by atoms with van der Waals surface area (Å²) < 4.78 is 40.8. The Morgan fingerprint density at radius 3 is 2.27 bits per heavy atom. The van der Waals surface area contributed by atoms with Gasteiger partial charge in [0.2, 0.25) is 23.6 Å². The largest absolute Gasteiger partial charge is 0.381 e. The van der Waals surface area contributed by atoms with Gasteiger partial charge in [0.1, 0.15) is 23.7 Å². The molecule has 0 bridgehead atoms. The molecule has 0 spiro atoms. The van der Waals surface area contributed by atoms with Crippen molar-refractivity contribution in [1.82, 2.24) is 30.7 Å². The molecule has 0 aliphatic carbocycles. The number of amides is 6. The minimum atomic E-state index is -1.18. The highest BCUT2D eigenvalue weighted by atomic mass is 19.1. The van der Waals surface area contributed by atoms with Crippen LogP contribution in [0.25, 0.3) is 0 Å². The number of likely N-dealkylation sites (N-methyl/N-ethyl adjacent to an activating group) is 1. The lowest BCUT2D eigenvalue weighted by Gasteiger charge is -2.43. The molecule has 5 aliphatic heterocycles. The van der Waals surface area contributed by atoms with E-state index in [0.717, 1.165) is 42.4 Å². The Labute approximate surface area is 483 Å². The molecule has 6 N–H and O–H groups in total. The number of rotatable bonds is 17. The minimum Gasteiger partial charge on any atom is -0.381 e. The van der Waals surface area contributed by atoms with E-state index in [2.05, 4.69) is 55.5 Å². The molecule has 20 heteroatoms. The smallest absolute Gasteiger partial charge is 0.255 e. The SMILES string of the molecule is CNC(C)C(=O)NC(C(=O)N1Cc2ccccc2[C@H]1C(=O)Nc1cc(C(=O)Nc2ccc(NC(=O)C3(C)CN(C(=O)CN4C[C@@H](C)NC[C@@H]4CN4CCOCC4C)c4cc(Cc5ccc(F)cc5)ccc43)cc2)ccc1F)C1CCOCC1. The molecule has 0 aromatic heterocycles. The van der Waals surface area contributed by atoms with Gasteiger partial charge in [-0.25, -0.2) is 8.78 Å². The van der Waals surface area contributed by atoms with Gasteiger partial charge in [0.15, 0.2) is 0 Å². The quantitative estimate of drug-likeness (QED) is 0.0637. The van der Waals surface area contributed by atoms with Crippen LogP contribution in [0.2, 0.25) is 0 Å². The lowest BCUT2D eigenvalue weighted by atomic mass is 9.83. The van der Waals surface area contributed by atoms with Crippen LogP contribution in [0, 0.1) is 17.6 Å². The average molecular weight is 1140 g/mol. The summed E-state index contributed by atoms with van der Waals surface area (Å²) in [5.74, 6) is -3.97. The molecule has 10 rings (SSSR count). The number of piperazine rings is 1. The summed E-state index contributed by atoms with van der Waals surface area (Å²) in [5, 5.41) is 18.0. The fraction of sp³-hybridized carbons (Fsp3) is 0.429. The first-order chi connectivity index (χ1) is 40.0. The van der Waals surface area contributed by atoms with Gasteiger partial charge >= 0.3 is 0 Å². The summed E-state index contributed by atoms with van der Waals surface area (Å²) >= 11 is 0. The van der Waals surface area contributed by atoms with Crippen LogP contribution in [0.5, 0.6) is 0 Å². The number of carbonyl (C=O) groups excluding carboxylic acids is 6. The van der Waals surface area contributed by atoms with Gasteiger partial charge < -0.3 is 51.2 Å². The summed E-state index contributed by atoms with van der Waals surface area (Å²) in [7, 11) is 1.65. The Morgan fingerprint density at radius 2 is 1.53 bits per heavy atom. The van der Waals surface area contributed by atoms with Crippen molar-refractivity contribution in [3.05, 3.63) is 154 Å². The van der Waals surface area contributed by atoms with Crippen LogP contribution in [0.1, 0.15) is 84.8 Å². The molecule has 3 fully saturated rings. The number of carbonyl (C=O) groups is 6. The van der Waals surface area contributed by atoms with E-state index in [0.29, 0.717) is 80.4 Å². The van der Waals surface area contributed by atoms with Crippen molar-refractivity contribution in [2.24, 2.45) is 5.92 Å². The highest BCUT2D eigenvalue weighted by Gasteiger charge is 2.48. The first kappa shape index (κ1) is 58.7. The third-order valence-corrected chi connectivity index (χ3v) is 17.1. The Kier molecular flexibility index (Phi) is 18.1. The molecule has 4 unspecified atom stereocenters. The highest BCUT2D eigenvalue weighted by Crippen LogP contribution is 2.43. The molecule has 6 amide bonds. The fourth-order valence-electron chi connectivity index (χ4n) is 12.1. The zero-order valence-electron chi connectivity index (χ0n) is 47.6. The van der Waals surface area contributed by atoms with Gasteiger partial charge in [-0.05, 0) is 148 Å². The Bertz CT molecular complexity index is 3220. The van der Waals surface area contributed by atoms with Crippen LogP contribution in [-0.4, -0.2) is 153 Å². The number of hydrogen-bond donors (Lipinski definition) is 6. The van der Waals surface area contributed by atoms with Crippen LogP contribution < -0.4 is 36.8 Å². The van der Waals surface area contributed by atoms with Gasteiger partial charge in [-0.2, -0.15) is 0 Å². The predicted molar refractivity (Wildman–Crippen MR) is 312 cm³/mol. The van der Waals surface area contributed by atoms with Gasteiger partial charge in [0.25, 0.3) is 11.8 Å². The third-order valence-electron chi connectivity index (χ3n) is 17.1. The van der Waals surface area contributed by atoms with Crippen LogP contribution in [0.3, 0.4) is 0 Å². The summed E-state index contributed by atoms with van der Waals surface area (Å²) in [5.41, 5.74) is 3.80. The Morgan fingerprint density at radius 1 is 0.807 bits per heavy atom. The summed E-state index contributed by atoms with van der Waals surface area (Å²) in [4.78, 5) is 93.3. The Hall–Kier alpha value is -7.46. The summed E-state index contributed by atoms with van der Waals surface area (Å²) in [6.07, 6.45) is 1.55. The van der Waals surface area contributed by atoms with E-state index in [4.69, 9.17) is 9.47 Å². The molecule has 7 atom stereocenters. The van der Waals surface area contributed by atoms with Crippen molar-refractivity contribution in [3.8, 4) is 0 Å². The van der Waals surface area contributed by atoms with Gasteiger partial charge in [-0.1, -0.05) is 48.5 Å². The molecule has 5 aromatic rings. The number of hydrogen-bond acceptors (Lipinski definition) is 12. The maximum absolute atomic E-state index is 15.7. The van der Waals surface area contributed by atoms with Crippen molar-refractivity contribution in [2.75, 3.05) is 93.6 Å². The van der Waals surface area contributed by atoms with E-state index in [9.17, 15) is 33.2 Å². The van der Waals surface area contributed by atoms with Crippen molar-refractivity contribution < 1.29 is 47.0 Å². The Balaban J connectivity index is 0.822. The number of benzene rings is 5. The van der Waals surface area contributed by atoms with Crippen molar-refractivity contribution in [3.63, 3.8) is 0 Å². The van der Waals surface area contributed by atoms with E-state index in [-0.39, 0.29) is 78.5 Å². The van der Waals surface area contributed by atoms with Gasteiger partial charge in [0, 0.05) is 93.2 Å². The lowest BCUT2D eigenvalue weighted by Crippen LogP contribution is -2.62. The summed E-state index contributed by atoms with van der Waals surface area (Å²) in [6.45, 7) is 13.3. The first-order valence-electron chi connectivity index (χ1n) is 28.7. The second-order valence-corrected chi connectivity index (χ2v) is 23.0. The molecule has 5 aliphatic rings. The molecule has 18 nitrogen and oxygen atoms in total. The van der Waals surface area contributed by atoms with E-state index < -0.39 is 47.1 Å². The highest BCUT2D eigenvalue weighted by molar-refractivity contribution is 6.08. The predicted octanol–water partition coefficient (Wildman–Crippen LogP) is 5.98. The molecule has 0 radical (unpaired) electrons. The number of halogens is 2. The minimum absolute atomic E-state index is 0.0289. The number of anilines is 4. The van der Waals surface area contributed by atoms with E-state index >= 15 is 4.39 Å². The van der Waals surface area contributed by atoms with Crippen LogP contribution in [0.15, 0.2) is 109 Å². The normalized spacial score (nSPS) is 22.7. The molecule has 438 valence electrons. The van der Waals surface area contributed by atoms with Gasteiger partial charge in [0.05, 0.1) is 36.9 Å². The molecule has 83 heavy (non-hydrogen) atoms. The first-order valence-corrected chi connectivity index (χ1v) is 28.7. The molecule has 5 aromatic carbocycles. The van der Waals surface area contributed by atoms with E-state index in [1.54, 1.807) is 73.5 Å². The number of morpholine rings is 1. The number of ether oxygens (including phenoxy) is 2. The lowest BCUT2D eigenvalue weighted by molar-refractivity contribution is -0.144. The van der Waals surface area contributed by atoms with Crippen molar-refractivity contribution in [1.29, 1.82) is 0 Å². The molecule has 0 saturated carbocycles. The van der Waals surface area contributed by atoms with Crippen LogP contribution in [0.4, 0.5) is 31.5 Å². The van der Waals surface area contributed by atoms with Gasteiger partial charge in [-0.15, -0.1) is 0 Å². The monoisotopic (exact) mass is 1140 g/mol. The molecule has 3 saturated heterocycles. The second kappa shape index (κ2) is 25.6. The maximum Gasteiger partial charge on any atom is 0.255 e. The molecule has 5 heterocycles. The van der Waals surface area contributed by atoms with Gasteiger partial charge in [-0.3, -0.25) is 38.6 Å². The zero-order chi connectivity index (χ0) is 58.5. The van der Waals surface area contributed by atoms with Crippen LogP contribution in [-0.2, 0) is 51.8 Å². The topological polar surface area (TPSA) is 206 Å². The third kappa shape index (κ3) is 13.2. The van der Waals surface area contributed by atoms with Crippen molar-refractivity contribution >= 4 is 58.2 Å². The van der Waals surface area contributed by atoms with Crippen LogP contribution >= 0.6 is 0 Å². The second-order valence-electron chi connectivity index (χ2n) is 23.0. The fourth-order valence-corrected chi connectivity index (χ4v) is 12.1. The van der Waals surface area contributed by atoms with Crippen molar-refractivity contribution in [2.45, 2.75) is 95.2 Å². The zero-order valence-corrected chi connectivity index (χ0v) is 47.6. The van der Waals surface area contributed by atoms with E-state index in [1.807, 2.05) is 31.2 Å². The maximum atomic E-state index is 15.7. The average Bonchev–Trinajstić information content (AvgIpc) is 2.81. The number of nitrogens with one attached hydrogen (secondary N) is 6. The molecular formula is C63H74F2N10O8.